The molecule has 0 spiro atoms. The monoisotopic (exact) mass is 277 g/mol. The Morgan fingerprint density at radius 2 is 1.95 bits per heavy atom. The SMILES string of the molecule is CC(C)(C)c1ccccc1OCC(N)(C(=O)O)C1CC1. The van der Waals surface area contributed by atoms with Crippen LogP contribution in [0.25, 0.3) is 0 Å². The molecule has 1 aromatic rings. The number of hydrogen-bond donors (Lipinski definition) is 2. The van der Waals surface area contributed by atoms with Gasteiger partial charge in [0.05, 0.1) is 0 Å². The minimum atomic E-state index is -1.27. The molecule has 0 aromatic heterocycles. The van der Waals surface area contributed by atoms with Gasteiger partial charge < -0.3 is 15.6 Å². The number of aliphatic carboxylic acids is 1. The molecule has 0 bridgehead atoms. The third-order valence-electron chi connectivity index (χ3n) is 3.87. The molecular formula is C16H23NO3. The lowest BCUT2D eigenvalue weighted by Crippen LogP contribution is -2.55. The average molecular weight is 277 g/mol. The first kappa shape index (κ1) is 14.9. The van der Waals surface area contributed by atoms with Crippen LogP contribution in [-0.2, 0) is 10.2 Å². The summed E-state index contributed by atoms with van der Waals surface area (Å²) in [5.41, 5.74) is 5.76. The molecule has 2 rings (SSSR count). The molecule has 0 radical (unpaired) electrons. The number of ether oxygens (including phenoxy) is 1. The summed E-state index contributed by atoms with van der Waals surface area (Å²) in [7, 11) is 0. The van der Waals surface area contributed by atoms with Gasteiger partial charge in [-0.15, -0.1) is 0 Å². The lowest BCUT2D eigenvalue weighted by atomic mass is 9.86. The number of carbonyl (C=O) groups is 1. The molecule has 1 atom stereocenters. The van der Waals surface area contributed by atoms with Gasteiger partial charge in [0, 0.05) is 0 Å². The van der Waals surface area contributed by atoms with Gasteiger partial charge in [0.25, 0.3) is 0 Å². The molecule has 0 saturated heterocycles. The van der Waals surface area contributed by atoms with E-state index in [-0.39, 0.29) is 17.9 Å². The highest BCUT2D eigenvalue weighted by molar-refractivity contribution is 5.79. The Balaban J connectivity index is 2.17. The Bertz CT molecular complexity index is 503. The molecule has 110 valence electrons. The molecule has 20 heavy (non-hydrogen) atoms. The summed E-state index contributed by atoms with van der Waals surface area (Å²) in [5.74, 6) is -0.230. The number of carboxylic acid groups (broad SMARTS) is 1. The van der Waals surface area contributed by atoms with Gasteiger partial charge in [0.2, 0.25) is 0 Å². The number of para-hydroxylation sites is 1. The molecule has 0 aliphatic heterocycles. The van der Waals surface area contributed by atoms with Crippen molar-refractivity contribution in [2.24, 2.45) is 11.7 Å². The number of nitrogens with two attached hydrogens (primary N) is 1. The minimum absolute atomic E-state index is 0.0140. The second-order valence-corrected chi connectivity index (χ2v) is 6.65. The van der Waals surface area contributed by atoms with Crippen molar-refractivity contribution in [3.8, 4) is 5.75 Å². The zero-order valence-corrected chi connectivity index (χ0v) is 12.3. The van der Waals surface area contributed by atoms with Gasteiger partial charge in [0.1, 0.15) is 12.4 Å². The van der Waals surface area contributed by atoms with E-state index >= 15 is 0 Å². The van der Waals surface area contributed by atoms with Gasteiger partial charge >= 0.3 is 5.97 Å². The van der Waals surface area contributed by atoms with Crippen molar-refractivity contribution in [2.45, 2.75) is 44.6 Å². The molecule has 4 nitrogen and oxygen atoms in total. The maximum absolute atomic E-state index is 11.4. The molecule has 4 heteroatoms. The van der Waals surface area contributed by atoms with Crippen LogP contribution in [0.15, 0.2) is 24.3 Å². The summed E-state index contributed by atoms with van der Waals surface area (Å²) in [4.78, 5) is 11.4. The van der Waals surface area contributed by atoms with E-state index in [9.17, 15) is 9.90 Å². The highest BCUT2D eigenvalue weighted by Crippen LogP contribution is 2.39. The maximum atomic E-state index is 11.4. The summed E-state index contributed by atoms with van der Waals surface area (Å²) in [6.45, 7) is 6.31. The Morgan fingerprint density at radius 3 is 2.45 bits per heavy atom. The van der Waals surface area contributed by atoms with Crippen LogP contribution < -0.4 is 10.5 Å². The van der Waals surface area contributed by atoms with Crippen LogP contribution in [0.4, 0.5) is 0 Å². The Labute approximate surface area is 119 Å². The van der Waals surface area contributed by atoms with E-state index in [1.807, 2.05) is 24.3 Å². The first-order chi connectivity index (χ1) is 9.25. The molecule has 1 aromatic carbocycles. The molecule has 1 aliphatic carbocycles. The molecule has 1 saturated carbocycles. The largest absolute Gasteiger partial charge is 0.491 e. The number of rotatable bonds is 5. The highest BCUT2D eigenvalue weighted by atomic mass is 16.5. The fourth-order valence-corrected chi connectivity index (χ4v) is 2.36. The first-order valence-corrected chi connectivity index (χ1v) is 7.00. The summed E-state index contributed by atoms with van der Waals surface area (Å²) < 4.78 is 5.79. The smallest absolute Gasteiger partial charge is 0.327 e. The topological polar surface area (TPSA) is 72.5 Å². The van der Waals surface area contributed by atoms with Gasteiger partial charge in [-0.05, 0) is 35.8 Å². The number of carboxylic acids is 1. The second kappa shape index (κ2) is 5.09. The highest BCUT2D eigenvalue weighted by Gasteiger charge is 2.49. The van der Waals surface area contributed by atoms with Crippen LogP contribution in [0.1, 0.15) is 39.2 Å². The van der Waals surface area contributed by atoms with E-state index in [0.717, 1.165) is 24.2 Å². The summed E-state index contributed by atoms with van der Waals surface area (Å²) in [5, 5.41) is 9.35. The average Bonchev–Trinajstić information content (AvgIpc) is 3.19. The van der Waals surface area contributed by atoms with Crippen molar-refractivity contribution >= 4 is 5.97 Å². The number of hydrogen-bond acceptors (Lipinski definition) is 3. The van der Waals surface area contributed by atoms with Gasteiger partial charge in [-0.25, -0.2) is 0 Å². The van der Waals surface area contributed by atoms with Crippen LogP contribution in [0.3, 0.4) is 0 Å². The van der Waals surface area contributed by atoms with E-state index in [0.29, 0.717) is 0 Å². The normalized spacial score (nSPS) is 18.4. The summed E-state index contributed by atoms with van der Waals surface area (Å²) in [6.07, 6.45) is 1.74. The van der Waals surface area contributed by atoms with E-state index in [4.69, 9.17) is 10.5 Å². The molecule has 0 amide bonds. The molecule has 1 aliphatic rings. The third kappa shape index (κ3) is 2.96. The van der Waals surface area contributed by atoms with Crippen molar-refractivity contribution in [2.75, 3.05) is 6.61 Å². The standard InChI is InChI=1S/C16H23NO3/c1-15(2,3)12-6-4-5-7-13(12)20-10-16(17,14(18)19)11-8-9-11/h4-7,11H,8-10,17H2,1-3H3,(H,18,19). The van der Waals surface area contributed by atoms with Crippen molar-refractivity contribution in [3.05, 3.63) is 29.8 Å². The molecule has 0 heterocycles. The molecule has 1 unspecified atom stereocenters. The van der Waals surface area contributed by atoms with E-state index in [1.165, 1.54) is 0 Å². The van der Waals surface area contributed by atoms with E-state index in [1.54, 1.807) is 0 Å². The van der Waals surface area contributed by atoms with Gasteiger partial charge in [0.15, 0.2) is 5.54 Å². The minimum Gasteiger partial charge on any atom is -0.491 e. The number of benzene rings is 1. The lowest BCUT2D eigenvalue weighted by Gasteiger charge is -2.27. The first-order valence-electron chi connectivity index (χ1n) is 7.00. The predicted octanol–water partition coefficient (Wildman–Crippen LogP) is 2.56. The van der Waals surface area contributed by atoms with Crippen LogP contribution in [-0.4, -0.2) is 23.2 Å². The second-order valence-electron chi connectivity index (χ2n) is 6.65. The van der Waals surface area contributed by atoms with Crippen LogP contribution in [0.2, 0.25) is 0 Å². The summed E-state index contributed by atoms with van der Waals surface area (Å²) in [6, 6.07) is 7.73. The zero-order valence-electron chi connectivity index (χ0n) is 12.3. The fourth-order valence-electron chi connectivity index (χ4n) is 2.36. The lowest BCUT2D eigenvalue weighted by molar-refractivity contribution is -0.145. The molecule has 1 fully saturated rings. The summed E-state index contributed by atoms with van der Waals surface area (Å²) >= 11 is 0. The van der Waals surface area contributed by atoms with Gasteiger partial charge in [-0.1, -0.05) is 39.0 Å². The van der Waals surface area contributed by atoms with Crippen molar-refractivity contribution < 1.29 is 14.6 Å². The third-order valence-corrected chi connectivity index (χ3v) is 3.87. The van der Waals surface area contributed by atoms with Crippen molar-refractivity contribution in [1.29, 1.82) is 0 Å². The predicted molar refractivity (Wildman–Crippen MR) is 77.9 cm³/mol. The molecule has 3 N–H and O–H groups in total. The van der Waals surface area contributed by atoms with E-state index < -0.39 is 11.5 Å². The fraction of sp³-hybridized carbons (Fsp3) is 0.562. The quantitative estimate of drug-likeness (QED) is 0.867. The Hall–Kier alpha value is -1.55. The van der Waals surface area contributed by atoms with Gasteiger partial charge in [-0.2, -0.15) is 0 Å². The van der Waals surface area contributed by atoms with Crippen LogP contribution >= 0.6 is 0 Å². The van der Waals surface area contributed by atoms with Crippen molar-refractivity contribution in [3.63, 3.8) is 0 Å². The Kier molecular flexibility index (Phi) is 3.78. The molecular weight excluding hydrogens is 254 g/mol. The maximum Gasteiger partial charge on any atom is 0.327 e. The van der Waals surface area contributed by atoms with Crippen LogP contribution in [0, 0.1) is 5.92 Å². The Morgan fingerprint density at radius 1 is 1.35 bits per heavy atom. The zero-order chi connectivity index (χ0) is 15.0. The van der Waals surface area contributed by atoms with Crippen molar-refractivity contribution in [1.82, 2.24) is 0 Å². The van der Waals surface area contributed by atoms with Crippen LogP contribution in [0.5, 0.6) is 5.75 Å². The van der Waals surface area contributed by atoms with Gasteiger partial charge in [-0.3, -0.25) is 4.79 Å². The van der Waals surface area contributed by atoms with E-state index in [2.05, 4.69) is 20.8 Å².